The number of hydrogen-bond acceptors (Lipinski definition) is 5. The maximum atomic E-state index is 13.9. The van der Waals surface area contributed by atoms with Gasteiger partial charge in [0.25, 0.3) is 6.47 Å². The van der Waals surface area contributed by atoms with Gasteiger partial charge in [-0.05, 0) is 62.5 Å². The van der Waals surface area contributed by atoms with Gasteiger partial charge in [0.1, 0.15) is 11.9 Å². The van der Waals surface area contributed by atoms with Crippen molar-refractivity contribution in [1.82, 2.24) is 4.90 Å². The molecular formula is C21H24F7N3O3. The molecule has 1 atom stereocenters. The van der Waals surface area contributed by atoms with Crippen molar-refractivity contribution in [2.75, 3.05) is 19.7 Å². The molecule has 0 bridgehead atoms. The van der Waals surface area contributed by atoms with Crippen LogP contribution in [0.15, 0.2) is 34.5 Å². The van der Waals surface area contributed by atoms with Gasteiger partial charge in [0.15, 0.2) is 0 Å². The number of benzene rings is 1. The molecule has 1 fully saturated rings. The molecule has 0 saturated carbocycles. The third kappa shape index (κ3) is 6.69. The van der Waals surface area contributed by atoms with Crippen LogP contribution in [0, 0.1) is 11.7 Å². The van der Waals surface area contributed by atoms with E-state index >= 15 is 0 Å². The van der Waals surface area contributed by atoms with Crippen molar-refractivity contribution in [3.8, 4) is 0 Å². The van der Waals surface area contributed by atoms with Crippen LogP contribution in [-0.2, 0) is 11.2 Å². The highest BCUT2D eigenvalue weighted by atomic mass is 19.4. The molecule has 0 radical (unpaired) electrons. The van der Waals surface area contributed by atoms with Gasteiger partial charge in [-0.25, -0.2) is 4.39 Å². The Balaban J connectivity index is 0.00000129. The van der Waals surface area contributed by atoms with E-state index in [-0.39, 0.29) is 56.6 Å². The van der Waals surface area contributed by atoms with Crippen LogP contribution in [-0.4, -0.2) is 65.4 Å². The number of hydrogen-bond donors (Lipinski definition) is 3. The van der Waals surface area contributed by atoms with Gasteiger partial charge in [0, 0.05) is 11.6 Å². The summed E-state index contributed by atoms with van der Waals surface area (Å²) in [5, 5.41) is 16.0. The standard InChI is InChI=1S/C20H22F7N3O.CH2O2/c21-13-2-4-14-12(9-13)1-3-15(29-14)17(20(25,26)27)18(28)11-5-7-30(8-6-11)16(10-31)19(22,23)24;2-1-3/h2,4,9,11,16,31H,1,3,5-8,10,28H2;1H,(H,2,3)/b18-17+;. The number of aliphatic hydroxyl groups excluding tert-OH is 1. The van der Waals surface area contributed by atoms with Gasteiger partial charge in [0.05, 0.1) is 23.6 Å². The lowest BCUT2D eigenvalue weighted by Crippen LogP contribution is -2.51. The van der Waals surface area contributed by atoms with Gasteiger partial charge in [-0.2, -0.15) is 26.3 Å². The molecule has 1 aromatic rings. The first kappa shape index (κ1) is 27.6. The third-order valence-corrected chi connectivity index (χ3v) is 5.75. The number of rotatable bonds is 4. The Hall–Kier alpha value is -2.67. The number of carbonyl (C=O) groups is 1. The number of aryl methyl sites for hydroxylation is 1. The van der Waals surface area contributed by atoms with Gasteiger partial charge in [-0.15, -0.1) is 0 Å². The van der Waals surface area contributed by atoms with Crippen molar-refractivity contribution in [2.24, 2.45) is 16.6 Å². The lowest BCUT2D eigenvalue weighted by molar-refractivity contribution is -0.195. The second kappa shape index (κ2) is 11.2. The number of carboxylic acid groups (broad SMARTS) is 1. The fraction of sp³-hybridized carbons (Fsp3) is 0.524. The Kier molecular flexibility index (Phi) is 9.06. The minimum atomic E-state index is -4.79. The number of likely N-dealkylation sites (tertiary alicyclic amines) is 1. The molecule has 2 aliphatic rings. The van der Waals surface area contributed by atoms with E-state index in [1.54, 1.807) is 0 Å². The molecule has 1 unspecified atom stereocenters. The molecule has 190 valence electrons. The predicted octanol–water partition coefficient (Wildman–Crippen LogP) is 3.96. The van der Waals surface area contributed by atoms with Crippen molar-refractivity contribution in [1.29, 1.82) is 0 Å². The Morgan fingerprint density at radius 1 is 1.18 bits per heavy atom. The summed E-state index contributed by atoms with van der Waals surface area (Å²) in [7, 11) is 0. The average Bonchev–Trinajstić information content (AvgIpc) is 2.73. The molecule has 4 N–H and O–H groups in total. The normalized spacial score (nSPS) is 19.2. The molecule has 2 heterocycles. The summed E-state index contributed by atoms with van der Waals surface area (Å²) in [6.45, 7) is -1.66. The number of fused-ring (bicyclic) bond motifs is 1. The maximum absolute atomic E-state index is 13.9. The fourth-order valence-electron chi connectivity index (χ4n) is 4.14. The molecular weight excluding hydrogens is 475 g/mol. The van der Waals surface area contributed by atoms with Gasteiger partial charge in [-0.3, -0.25) is 14.7 Å². The monoisotopic (exact) mass is 499 g/mol. The molecule has 6 nitrogen and oxygen atoms in total. The van der Waals surface area contributed by atoms with Crippen LogP contribution in [0.3, 0.4) is 0 Å². The van der Waals surface area contributed by atoms with E-state index in [1.807, 2.05) is 0 Å². The quantitative estimate of drug-likeness (QED) is 0.431. The summed E-state index contributed by atoms with van der Waals surface area (Å²) in [5.41, 5.74) is 4.91. The van der Waals surface area contributed by atoms with Gasteiger partial charge < -0.3 is 15.9 Å². The number of nitrogens with zero attached hydrogens (tertiary/aromatic N) is 2. The Morgan fingerprint density at radius 3 is 2.26 bits per heavy atom. The number of nitrogens with two attached hydrogens (primary N) is 1. The summed E-state index contributed by atoms with van der Waals surface area (Å²) in [4.78, 5) is 13.4. The van der Waals surface area contributed by atoms with Crippen LogP contribution in [0.25, 0.3) is 0 Å². The van der Waals surface area contributed by atoms with E-state index in [1.165, 1.54) is 12.1 Å². The van der Waals surface area contributed by atoms with Crippen molar-refractivity contribution < 1.29 is 45.7 Å². The van der Waals surface area contributed by atoms with Gasteiger partial charge in [0.2, 0.25) is 0 Å². The average molecular weight is 499 g/mol. The van der Waals surface area contributed by atoms with Crippen LogP contribution < -0.4 is 5.73 Å². The minimum Gasteiger partial charge on any atom is -0.483 e. The largest absolute Gasteiger partial charge is 0.483 e. The minimum absolute atomic E-state index is 0.00687. The molecule has 1 saturated heterocycles. The van der Waals surface area contributed by atoms with E-state index in [4.69, 9.17) is 20.7 Å². The van der Waals surface area contributed by atoms with E-state index in [9.17, 15) is 30.7 Å². The van der Waals surface area contributed by atoms with Crippen LogP contribution in [0.2, 0.25) is 0 Å². The molecule has 34 heavy (non-hydrogen) atoms. The predicted molar refractivity (Wildman–Crippen MR) is 109 cm³/mol. The Labute approximate surface area is 190 Å². The zero-order chi connectivity index (χ0) is 25.7. The molecule has 2 aliphatic heterocycles. The maximum Gasteiger partial charge on any atom is 0.419 e. The Bertz CT molecular complexity index is 921. The SMILES string of the molecule is N/C(=C(\C1=Nc2ccc(F)cc2CC1)C(F)(F)F)C1CCN(C(CO)C(F)(F)F)CC1.O=CO. The highest BCUT2D eigenvalue weighted by molar-refractivity contribution is 6.04. The summed E-state index contributed by atoms with van der Waals surface area (Å²) >= 11 is 0. The third-order valence-electron chi connectivity index (χ3n) is 5.75. The summed E-state index contributed by atoms with van der Waals surface area (Å²) in [6, 6.07) is 1.59. The second-order valence-corrected chi connectivity index (χ2v) is 7.82. The van der Waals surface area contributed by atoms with Crippen LogP contribution in [0.5, 0.6) is 0 Å². The first-order valence-electron chi connectivity index (χ1n) is 10.3. The smallest absolute Gasteiger partial charge is 0.419 e. The molecule has 1 aromatic carbocycles. The van der Waals surface area contributed by atoms with Crippen LogP contribution >= 0.6 is 0 Å². The zero-order valence-corrected chi connectivity index (χ0v) is 17.8. The number of alkyl halides is 6. The Morgan fingerprint density at radius 2 is 1.76 bits per heavy atom. The number of piperidine rings is 1. The molecule has 0 aliphatic carbocycles. The number of aliphatic hydroxyl groups is 1. The van der Waals surface area contributed by atoms with Crippen molar-refractivity contribution in [3.05, 3.63) is 40.8 Å². The zero-order valence-electron chi connectivity index (χ0n) is 17.8. The molecule has 3 rings (SSSR count). The highest BCUT2D eigenvalue weighted by Crippen LogP contribution is 2.38. The van der Waals surface area contributed by atoms with Crippen molar-refractivity contribution >= 4 is 17.9 Å². The number of aliphatic imine (C=N–C) groups is 1. The lowest BCUT2D eigenvalue weighted by Gasteiger charge is -2.38. The molecule has 0 aromatic heterocycles. The van der Waals surface area contributed by atoms with Crippen LogP contribution in [0.4, 0.5) is 36.4 Å². The van der Waals surface area contributed by atoms with Crippen molar-refractivity contribution in [2.45, 2.75) is 44.1 Å². The molecule has 13 heteroatoms. The summed E-state index contributed by atoms with van der Waals surface area (Å²) < 4.78 is 94.1. The fourth-order valence-corrected chi connectivity index (χ4v) is 4.14. The summed E-state index contributed by atoms with van der Waals surface area (Å²) in [6.07, 6.45) is -9.35. The van der Waals surface area contributed by atoms with Crippen LogP contribution in [0.1, 0.15) is 24.8 Å². The van der Waals surface area contributed by atoms with Gasteiger partial charge in [-0.1, -0.05) is 0 Å². The van der Waals surface area contributed by atoms with E-state index in [0.717, 1.165) is 11.0 Å². The second-order valence-electron chi connectivity index (χ2n) is 7.82. The van der Waals surface area contributed by atoms with Crippen molar-refractivity contribution in [3.63, 3.8) is 0 Å². The molecule has 0 amide bonds. The summed E-state index contributed by atoms with van der Waals surface area (Å²) in [5.74, 6) is -1.27. The lowest BCUT2D eigenvalue weighted by atomic mass is 9.87. The van der Waals surface area contributed by atoms with Gasteiger partial charge >= 0.3 is 12.4 Å². The van der Waals surface area contributed by atoms with E-state index in [0.29, 0.717) is 5.56 Å². The van der Waals surface area contributed by atoms with E-state index < -0.39 is 48.0 Å². The topological polar surface area (TPSA) is 99.1 Å². The highest BCUT2D eigenvalue weighted by Gasteiger charge is 2.45. The number of halogens is 7. The first-order chi connectivity index (χ1) is 15.8. The first-order valence-corrected chi connectivity index (χ1v) is 10.3. The molecule has 0 spiro atoms. The number of allylic oxidation sites excluding steroid dienone is 2. The van der Waals surface area contributed by atoms with E-state index in [2.05, 4.69) is 4.99 Å².